The van der Waals surface area contributed by atoms with Crippen molar-refractivity contribution in [2.75, 3.05) is 32.8 Å². The Kier molecular flexibility index (Phi) is 9.10. The molecule has 2 aliphatic heterocycles. The standard InChI is InChI=1S/C31H40N2O5/c1-5-8-18-37-25-13-10-22(11-14-25)28-27(29(34)23-12-15-26-24(20-23)19-21(4)38-26)30(35)31(36)33(28)17-9-16-32(6-2)7-3/h10-15,20-21,28,34H,5-9,16-19H2,1-4H3/b29-27-. The first kappa shape index (κ1) is 27.7. The number of likely N-dealkylation sites (tertiary alicyclic amines) is 1. The highest BCUT2D eigenvalue weighted by atomic mass is 16.5. The molecule has 2 heterocycles. The van der Waals surface area contributed by atoms with Crippen LogP contribution in [0.25, 0.3) is 5.76 Å². The number of carbonyl (C=O) groups is 2. The monoisotopic (exact) mass is 520 g/mol. The van der Waals surface area contributed by atoms with Gasteiger partial charge in [0.05, 0.1) is 18.2 Å². The van der Waals surface area contributed by atoms with Gasteiger partial charge in [-0.2, -0.15) is 0 Å². The van der Waals surface area contributed by atoms with Gasteiger partial charge in [0.2, 0.25) is 0 Å². The van der Waals surface area contributed by atoms with E-state index in [-0.39, 0.29) is 17.4 Å². The highest BCUT2D eigenvalue weighted by Crippen LogP contribution is 2.41. The topological polar surface area (TPSA) is 79.3 Å². The van der Waals surface area contributed by atoms with Gasteiger partial charge in [-0.15, -0.1) is 0 Å². The molecule has 7 nitrogen and oxygen atoms in total. The van der Waals surface area contributed by atoms with Crippen LogP contribution in [0.2, 0.25) is 0 Å². The van der Waals surface area contributed by atoms with Gasteiger partial charge in [-0.25, -0.2) is 0 Å². The number of fused-ring (bicyclic) bond motifs is 1. The molecular formula is C31H40N2O5. The predicted molar refractivity (Wildman–Crippen MR) is 148 cm³/mol. The molecule has 38 heavy (non-hydrogen) atoms. The van der Waals surface area contributed by atoms with Crippen LogP contribution in [0.15, 0.2) is 48.0 Å². The lowest BCUT2D eigenvalue weighted by molar-refractivity contribution is -0.140. The van der Waals surface area contributed by atoms with E-state index < -0.39 is 17.7 Å². The second kappa shape index (κ2) is 12.5. The highest BCUT2D eigenvalue weighted by molar-refractivity contribution is 6.46. The molecule has 2 unspecified atom stereocenters. The first-order valence-electron chi connectivity index (χ1n) is 13.9. The molecular weight excluding hydrogens is 480 g/mol. The summed E-state index contributed by atoms with van der Waals surface area (Å²) >= 11 is 0. The number of rotatable bonds is 12. The smallest absolute Gasteiger partial charge is 0.295 e. The number of amides is 1. The lowest BCUT2D eigenvalue weighted by Crippen LogP contribution is -2.33. The molecule has 2 aromatic carbocycles. The van der Waals surface area contributed by atoms with Crippen molar-refractivity contribution < 1.29 is 24.2 Å². The Bertz CT molecular complexity index is 1170. The second-order valence-electron chi connectivity index (χ2n) is 10.1. The molecule has 0 aliphatic carbocycles. The van der Waals surface area contributed by atoms with Crippen molar-refractivity contribution in [2.45, 2.75) is 65.5 Å². The lowest BCUT2D eigenvalue weighted by Gasteiger charge is -2.27. The van der Waals surface area contributed by atoms with Crippen molar-refractivity contribution >= 4 is 17.4 Å². The second-order valence-corrected chi connectivity index (χ2v) is 10.1. The first-order valence-corrected chi connectivity index (χ1v) is 13.9. The number of ether oxygens (including phenoxy) is 2. The van der Waals surface area contributed by atoms with Gasteiger partial charge in [-0.05, 0) is 80.9 Å². The van der Waals surface area contributed by atoms with E-state index in [1.165, 1.54) is 0 Å². The Balaban J connectivity index is 1.69. The van der Waals surface area contributed by atoms with Gasteiger partial charge in [0.25, 0.3) is 11.7 Å². The van der Waals surface area contributed by atoms with Crippen molar-refractivity contribution in [1.82, 2.24) is 9.80 Å². The maximum atomic E-state index is 13.4. The van der Waals surface area contributed by atoms with Crippen molar-refractivity contribution in [2.24, 2.45) is 0 Å². The van der Waals surface area contributed by atoms with Crippen LogP contribution in [0, 0.1) is 0 Å². The molecule has 4 rings (SSSR count). The number of Topliss-reactive ketones (excluding diaryl/α,β-unsaturated/α-hetero) is 1. The van der Waals surface area contributed by atoms with E-state index in [1.807, 2.05) is 43.3 Å². The van der Waals surface area contributed by atoms with Crippen molar-refractivity contribution in [3.63, 3.8) is 0 Å². The summed E-state index contributed by atoms with van der Waals surface area (Å²) in [6.45, 7) is 12.1. The van der Waals surface area contributed by atoms with Crippen LogP contribution in [0.4, 0.5) is 0 Å². The zero-order valence-corrected chi connectivity index (χ0v) is 23.0. The Morgan fingerprint density at radius 1 is 1.08 bits per heavy atom. The fraction of sp³-hybridized carbons (Fsp3) is 0.484. The third-order valence-electron chi connectivity index (χ3n) is 7.44. The number of nitrogens with zero attached hydrogens (tertiary/aromatic N) is 2. The average molecular weight is 521 g/mol. The summed E-state index contributed by atoms with van der Waals surface area (Å²) in [6.07, 6.45) is 3.56. The van der Waals surface area contributed by atoms with Crippen LogP contribution in [0.1, 0.15) is 69.7 Å². The van der Waals surface area contributed by atoms with E-state index in [1.54, 1.807) is 11.0 Å². The molecule has 0 aromatic heterocycles. The third-order valence-corrected chi connectivity index (χ3v) is 7.44. The number of aliphatic hydroxyl groups is 1. The SMILES string of the molecule is CCCCOc1ccc(C2/C(=C(/O)c3ccc4c(c3)CC(C)O4)C(=O)C(=O)N2CCCN(CC)CC)cc1. The molecule has 1 amide bonds. The minimum absolute atomic E-state index is 0.0665. The molecule has 1 saturated heterocycles. The highest BCUT2D eigenvalue weighted by Gasteiger charge is 2.46. The van der Waals surface area contributed by atoms with Crippen molar-refractivity contribution in [1.29, 1.82) is 0 Å². The molecule has 7 heteroatoms. The molecule has 2 atom stereocenters. The minimum Gasteiger partial charge on any atom is -0.507 e. The van der Waals surface area contributed by atoms with E-state index in [0.717, 1.165) is 67.9 Å². The summed E-state index contributed by atoms with van der Waals surface area (Å²) in [5, 5.41) is 11.4. The quantitative estimate of drug-likeness (QED) is 0.176. The predicted octanol–water partition coefficient (Wildman–Crippen LogP) is 5.34. The molecule has 1 N–H and O–H groups in total. The summed E-state index contributed by atoms with van der Waals surface area (Å²) in [4.78, 5) is 30.6. The van der Waals surface area contributed by atoms with Crippen LogP contribution in [-0.2, 0) is 16.0 Å². The Morgan fingerprint density at radius 2 is 1.82 bits per heavy atom. The largest absolute Gasteiger partial charge is 0.507 e. The number of unbranched alkanes of at least 4 members (excludes halogenated alkanes) is 1. The molecule has 2 aromatic rings. The number of hydrogen-bond donors (Lipinski definition) is 1. The molecule has 0 bridgehead atoms. The fourth-order valence-corrected chi connectivity index (χ4v) is 5.27. The number of benzene rings is 2. The molecule has 0 radical (unpaired) electrons. The van der Waals surface area contributed by atoms with Crippen LogP contribution in [-0.4, -0.2) is 65.5 Å². The van der Waals surface area contributed by atoms with E-state index in [2.05, 4.69) is 25.7 Å². The van der Waals surface area contributed by atoms with E-state index in [4.69, 9.17) is 9.47 Å². The minimum atomic E-state index is -0.667. The lowest BCUT2D eigenvalue weighted by atomic mass is 9.94. The Morgan fingerprint density at radius 3 is 2.50 bits per heavy atom. The van der Waals surface area contributed by atoms with Crippen molar-refractivity contribution in [3.05, 3.63) is 64.7 Å². The first-order chi connectivity index (χ1) is 18.4. The van der Waals surface area contributed by atoms with Gasteiger partial charge in [0.15, 0.2) is 0 Å². The number of ketones is 1. The summed E-state index contributed by atoms with van der Waals surface area (Å²) in [6, 6.07) is 12.3. The van der Waals surface area contributed by atoms with Crippen LogP contribution in [0.5, 0.6) is 11.5 Å². The molecule has 2 aliphatic rings. The van der Waals surface area contributed by atoms with Gasteiger partial charge in [0.1, 0.15) is 23.4 Å². The van der Waals surface area contributed by atoms with Crippen LogP contribution < -0.4 is 9.47 Å². The average Bonchev–Trinajstić information content (AvgIpc) is 3.42. The van der Waals surface area contributed by atoms with E-state index >= 15 is 0 Å². The van der Waals surface area contributed by atoms with Crippen molar-refractivity contribution in [3.8, 4) is 11.5 Å². The Labute approximate surface area is 226 Å². The van der Waals surface area contributed by atoms with Gasteiger partial charge in [-0.1, -0.05) is 39.3 Å². The normalized spacial score (nSPS) is 20.2. The van der Waals surface area contributed by atoms with E-state index in [0.29, 0.717) is 18.7 Å². The van der Waals surface area contributed by atoms with Gasteiger partial charge in [0, 0.05) is 18.5 Å². The maximum absolute atomic E-state index is 13.4. The zero-order chi connectivity index (χ0) is 27.2. The molecule has 0 spiro atoms. The fourth-order valence-electron chi connectivity index (χ4n) is 5.27. The molecule has 204 valence electrons. The van der Waals surface area contributed by atoms with Crippen LogP contribution in [0.3, 0.4) is 0 Å². The maximum Gasteiger partial charge on any atom is 0.295 e. The summed E-state index contributed by atoms with van der Waals surface area (Å²) < 4.78 is 11.6. The summed E-state index contributed by atoms with van der Waals surface area (Å²) in [7, 11) is 0. The number of carbonyl (C=O) groups excluding carboxylic acids is 2. The van der Waals surface area contributed by atoms with Gasteiger partial charge >= 0.3 is 0 Å². The number of hydrogen-bond acceptors (Lipinski definition) is 6. The summed E-state index contributed by atoms with van der Waals surface area (Å²) in [5.41, 5.74) is 2.41. The molecule has 1 fully saturated rings. The van der Waals surface area contributed by atoms with E-state index in [9.17, 15) is 14.7 Å². The molecule has 0 saturated carbocycles. The summed E-state index contributed by atoms with van der Waals surface area (Å²) in [5.74, 6) is 0.168. The number of aliphatic hydroxyl groups excluding tert-OH is 1. The third kappa shape index (κ3) is 5.88. The van der Waals surface area contributed by atoms with Crippen LogP contribution >= 0.6 is 0 Å². The van der Waals surface area contributed by atoms with Gasteiger partial charge in [-0.3, -0.25) is 9.59 Å². The zero-order valence-electron chi connectivity index (χ0n) is 23.0. The van der Waals surface area contributed by atoms with Gasteiger partial charge < -0.3 is 24.4 Å². The Hall–Kier alpha value is -3.32.